The van der Waals surface area contributed by atoms with Gasteiger partial charge in [-0.1, -0.05) is 0 Å². The van der Waals surface area contributed by atoms with Crippen LogP contribution in [-0.2, 0) is 20.0 Å². The molecule has 0 aromatic carbocycles. The van der Waals surface area contributed by atoms with Gasteiger partial charge in [0.2, 0.25) is 0 Å². The van der Waals surface area contributed by atoms with E-state index in [1.165, 1.54) is 28.9 Å². The molecule has 1 atom stereocenters. The van der Waals surface area contributed by atoms with Crippen molar-refractivity contribution in [2.75, 3.05) is 33.4 Å². The van der Waals surface area contributed by atoms with Crippen LogP contribution in [0.5, 0.6) is 0 Å². The Morgan fingerprint density at radius 1 is 1.33 bits per heavy atom. The van der Waals surface area contributed by atoms with E-state index in [0.29, 0.717) is 18.7 Å². The summed E-state index contributed by atoms with van der Waals surface area (Å²) in [5.41, 5.74) is 0.496. The van der Waals surface area contributed by atoms with Crippen molar-refractivity contribution in [1.29, 1.82) is 0 Å². The lowest BCUT2D eigenvalue weighted by Crippen LogP contribution is -2.45. The molecule has 2 rings (SSSR count). The van der Waals surface area contributed by atoms with Gasteiger partial charge in [0.25, 0.3) is 10.2 Å². The molecule has 8 nitrogen and oxygen atoms in total. The van der Waals surface area contributed by atoms with Crippen molar-refractivity contribution >= 4 is 20.0 Å². The standard InChI is InChI=1S/C11H20N4O4S2/c1-14(2)21(18,19)15-6-4-5-9(8-15)11-10(7-12-13-11)20(3,16)17/h7,9H,4-6,8H2,1-3H3,(H,12,13)/t9-/m1/s1. The third kappa shape index (κ3) is 3.28. The van der Waals surface area contributed by atoms with Crippen LogP contribution in [0.3, 0.4) is 0 Å². The fourth-order valence-corrected chi connectivity index (χ4v) is 4.54. The van der Waals surface area contributed by atoms with Crippen LogP contribution in [0, 0.1) is 0 Å². The highest BCUT2D eigenvalue weighted by Crippen LogP contribution is 2.31. The van der Waals surface area contributed by atoms with Crippen molar-refractivity contribution in [1.82, 2.24) is 18.8 Å². The number of hydrogen-bond acceptors (Lipinski definition) is 5. The Hall–Kier alpha value is -0.970. The summed E-state index contributed by atoms with van der Waals surface area (Å²) in [5.74, 6) is -0.194. The number of nitrogens with one attached hydrogen (secondary N) is 1. The monoisotopic (exact) mass is 336 g/mol. The highest BCUT2D eigenvalue weighted by molar-refractivity contribution is 7.90. The maximum atomic E-state index is 12.2. The maximum absolute atomic E-state index is 12.2. The molecular formula is C11H20N4O4S2. The Balaban J connectivity index is 2.30. The average Bonchev–Trinajstić information content (AvgIpc) is 2.87. The Morgan fingerprint density at radius 2 is 2.00 bits per heavy atom. The van der Waals surface area contributed by atoms with Crippen molar-refractivity contribution in [3.05, 3.63) is 11.9 Å². The van der Waals surface area contributed by atoms with Crippen LogP contribution >= 0.6 is 0 Å². The van der Waals surface area contributed by atoms with E-state index in [0.717, 1.165) is 12.7 Å². The zero-order valence-electron chi connectivity index (χ0n) is 12.3. The molecule has 1 aromatic heterocycles. The highest BCUT2D eigenvalue weighted by atomic mass is 32.2. The van der Waals surface area contributed by atoms with Crippen LogP contribution in [0.15, 0.2) is 11.1 Å². The maximum Gasteiger partial charge on any atom is 0.281 e. The van der Waals surface area contributed by atoms with Crippen molar-refractivity contribution in [2.24, 2.45) is 0 Å². The van der Waals surface area contributed by atoms with Crippen molar-refractivity contribution < 1.29 is 16.8 Å². The summed E-state index contributed by atoms with van der Waals surface area (Å²) >= 11 is 0. The number of H-pyrrole nitrogens is 1. The summed E-state index contributed by atoms with van der Waals surface area (Å²) < 4.78 is 50.4. The van der Waals surface area contributed by atoms with Gasteiger partial charge in [-0.25, -0.2) is 8.42 Å². The molecule has 0 bridgehead atoms. The summed E-state index contributed by atoms with van der Waals surface area (Å²) in [6.07, 6.45) is 3.81. The molecular weight excluding hydrogens is 316 g/mol. The van der Waals surface area contributed by atoms with Gasteiger partial charge in [0.05, 0.1) is 11.9 Å². The van der Waals surface area contributed by atoms with Crippen LogP contribution in [0.25, 0.3) is 0 Å². The molecule has 1 fully saturated rings. The van der Waals surface area contributed by atoms with Gasteiger partial charge in [-0.05, 0) is 12.8 Å². The zero-order valence-corrected chi connectivity index (χ0v) is 13.9. The van der Waals surface area contributed by atoms with E-state index in [1.54, 1.807) is 0 Å². The first kappa shape index (κ1) is 16.4. The number of sulfone groups is 1. The Bertz CT molecular complexity index is 708. The molecule has 1 aliphatic heterocycles. The van der Waals surface area contributed by atoms with Gasteiger partial charge < -0.3 is 0 Å². The van der Waals surface area contributed by atoms with Gasteiger partial charge in [0, 0.05) is 39.4 Å². The fourth-order valence-electron chi connectivity index (χ4n) is 2.49. The van der Waals surface area contributed by atoms with Gasteiger partial charge >= 0.3 is 0 Å². The van der Waals surface area contributed by atoms with E-state index >= 15 is 0 Å². The van der Waals surface area contributed by atoms with Gasteiger partial charge in [0.15, 0.2) is 9.84 Å². The minimum atomic E-state index is -3.49. The van der Waals surface area contributed by atoms with E-state index in [-0.39, 0.29) is 17.4 Å². The quantitative estimate of drug-likeness (QED) is 0.820. The molecule has 120 valence electrons. The van der Waals surface area contributed by atoms with Crippen LogP contribution < -0.4 is 0 Å². The number of rotatable bonds is 4. The van der Waals surface area contributed by atoms with E-state index in [9.17, 15) is 16.8 Å². The molecule has 0 amide bonds. The van der Waals surface area contributed by atoms with E-state index < -0.39 is 20.0 Å². The first-order chi connectivity index (χ1) is 9.64. The normalized spacial score (nSPS) is 21.8. The zero-order chi connectivity index (χ0) is 15.8. The molecule has 0 spiro atoms. The number of piperidine rings is 1. The number of hydrogen-bond donors (Lipinski definition) is 1. The molecule has 0 saturated carbocycles. The lowest BCUT2D eigenvalue weighted by molar-refractivity contribution is 0.294. The molecule has 0 aliphatic carbocycles. The largest absolute Gasteiger partial charge is 0.281 e. The summed E-state index contributed by atoms with van der Waals surface area (Å²) in [4.78, 5) is 0.150. The van der Waals surface area contributed by atoms with Gasteiger partial charge in [-0.3, -0.25) is 5.10 Å². The van der Waals surface area contributed by atoms with Crippen LogP contribution in [-0.4, -0.2) is 69.1 Å². The van der Waals surface area contributed by atoms with E-state index in [4.69, 9.17) is 0 Å². The average molecular weight is 336 g/mol. The molecule has 10 heteroatoms. The minimum Gasteiger partial charge on any atom is -0.281 e. The lowest BCUT2D eigenvalue weighted by Gasteiger charge is -2.33. The third-order valence-corrected chi connectivity index (χ3v) is 6.64. The van der Waals surface area contributed by atoms with Gasteiger partial charge in [0.1, 0.15) is 4.90 Å². The Labute approximate surface area is 125 Å². The highest BCUT2D eigenvalue weighted by Gasteiger charge is 2.33. The third-order valence-electron chi connectivity index (χ3n) is 3.61. The predicted octanol–water partition coefficient (Wildman–Crippen LogP) is -0.201. The second-order valence-electron chi connectivity index (χ2n) is 5.41. The number of aromatic nitrogens is 2. The smallest absolute Gasteiger partial charge is 0.281 e. The van der Waals surface area contributed by atoms with E-state index in [2.05, 4.69) is 10.2 Å². The Morgan fingerprint density at radius 3 is 2.57 bits per heavy atom. The van der Waals surface area contributed by atoms with Crippen molar-refractivity contribution in [3.63, 3.8) is 0 Å². The first-order valence-electron chi connectivity index (χ1n) is 6.55. The summed E-state index contributed by atoms with van der Waals surface area (Å²) in [6.45, 7) is 0.699. The lowest BCUT2D eigenvalue weighted by atomic mass is 9.96. The van der Waals surface area contributed by atoms with Crippen LogP contribution in [0.2, 0.25) is 0 Å². The second kappa shape index (κ2) is 5.67. The Kier molecular flexibility index (Phi) is 4.43. The number of nitrogens with zero attached hydrogens (tertiary/aromatic N) is 3. The predicted molar refractivity (Wildman–Crippen MR) is 77.9 cm³/mol. The van der Waals surface area contributed by atoms with Gasteiger partial charge in [-0.15, -0.1) is 0 Å². The second-order valence-corrected chi connectivity index (χ2v) is 9.53. The van der Waals surface area contributed by atoms with Crippen molar-refractivity contribution in [2.45, 2.75) is 23.7 Å². The molecule has 0 unspecified atom stereocenters. The topological polar surface area (TPSA) is 103 Å². The molecule has 0 radical (unpaired) electrons. The minimum absolute atomic E-state index is 0.150. The molecule has 1 N–H and O–H groups in total. The number of aromatic amines is 1. The first-order valence-corrected chi connectivity index (χ1v) is 9.84. The SMILES string of the molecule is CN(C)S(=O)(=O)N1CCC[C@@H](c2[nH]ncc2S(C)(=O)=O)C1. The molecule has 1 aliphatic rings. The van der Waals surface area contributed by atoms with E-state index in [1.807, 2.05) is 0 Å². The van der Waals surface area contributed by atoms with Crippen molar-refractivity contribution in [3.8, 4) is 0 Å². The fraction of sp³-hybridized carbons (Fsp3) is 0.727. The van der Waals surface area contributed by atoms with Crippen LogP contribution in [0.4, 0.5) is 0 Å². The summed E-state index contributed by atoms with van der Waals surface area (Å²) in [7, 11) is -3.90. The molecule has 2 heterocycles. The van der Waals surface area contributed by atoms with Crippen LogP contribution in [0.1, 0.15) is 24.5 Å². The summed E-state index contributed by atoms with van der Waals surface area (Å²) in [5, 5.41) is 6.52. The molecule has 21 heavy (non-hydrogen) atoms. The molecule has 1 aromatic rings. The molecule has 1 saturated heterocycles. The summed E-state index contributed by atoms with van der Waals surface area (Å²) in [6, 6.07) is 0. The van der Waals surface area contributed by atoms with Gasteiger partial charge in [-0.2, -0.15) is 22.1 Å².